The molecule has 4 nitrogen and oxygen atoms in total. The molecule has 4 heteroatoms. The van der Waals surface area contributed by atoms with Crippen molar-refractivity contribution in [3.8, 4) is 5.75 Å². The maximum absolute atomic E-state index is 10.4. The number of nitrogens with zero attached hydrogens (tertiary/aromatic N) is 1. The molecule has 0 spiro atoms. The highest BCUT2D eigenvalue weighted by molar-refractivity contribution is 5.60. The van der Waals surface area contributed by atoms with Crippen molar-refractivity contribution in [2.24, 2.45) is 0 Å². The number of anilines is 2. The van der Waals surface area contributed by atoms with Crippen LogP contribution in [0.4, 0.5) is 11.4 Å². The van der Waals surface area contributed by atoms with Gasteiger partial charge in [-0.25, -0.2) is 0 Å². The number of nitrogens with two attached hydrogens (primary N) is 1. The highest BCUT2D eigenvalue weighted by atomic mass is 16.5. The van der Waals surface area contributed by atoms with Gasteiger partial charge in [0.15, 0.2) is 0 Å². The first-order valence-corrected chi connectivity index (χ1v) is 6.40. The van der Waals surface area contributed by atoms with Crippen molar-refractivity contribution in [3.05, 3.63) is 18.2 Å². The Hall–Kier alpha value is -1.42. The lowest BCUT2D eigenvalue weighted by Gasteiger charge is -2.30. The number of aliphatic hydroxyl groups is 1. The highest BCUT2D eigenvalue weighted by Gasteiger charge is 2.32. The van der Waals surface area contributed by atoms with Gasteiger partial charge in [0.2, 0.25) is 0 Å². The predicted molar refractivity (Wildman–Crippen MR) is 74.1 cm³/mol. The normalized spacial score (nSPS) is 17.7. The molecule has 0 amide bonds. The van der Waals surface area contributed by atoms with E-state index in [9.17, 15) is 5.11 Å². The molecule has 1 fully saturated rings. The Bertz CT molecular complexity index is 414. The Morgan fingerprint density at radius 1 is 1.33 bits per heavy atom. The summed E-state index contributed by atoms with van der Waals surface area (Å²) in [4.78, 5) is 2.05. The number of benzene rings is 1. The third-order valence-corrected chi connectivity index (χ3v) is 3.66. The van der Waals surface area contributed by atoms with Gasteiger partial charge in [0.05, 0.1) is 12.7 Å². The summed E-state index contributed by atoms with van der Waals surface area (Å²) in [6.07, 6.45) is 4.00. The number of hydrogen-bond acceptors (Lipinski definition) is 4. The number of ether oxygens (including phenoxy) is 1. The summed E-state index contributed by atoms with van der Waals surface area (Å²) in [5.74, 6) is 0.746. The summed E-state index contributed by atoms with van der Waals surface area (Å²) < 4.78 is 5.21. The van der Waals surface area contributed by atoms with Crippen LogP contribution in [-0.4, -0.2) is 31.4 Å². The molecular weight excluding hydrogens is 228 g/mol. The molecule has 3 N–H and O–H groups in total. The second-order valence-corrected chi connectivity index (χ2v) is 5.25. The standard InChI is InChI=1S/C14H22N2O2/c1-16(10-14(17)5-3-4-6-14)12-7-11(15)8-13(9-12)18-2/h7-9,17H,3-6,10,15H2,1-2H3. The molecule has 0 bridgehead atoms. The smallest absolute Gasteiger partial charge is 0.122 e. The third-order valence-electron chi connectivity index (χ3n) is 3.66. The number of hydrogen-bond donors (Lipinski definition) is 2. The van der Waals surface area contributed by atoms with Gasteiger partial charge in [-0.3, -0.25) is 0 Å². The highest BCUT2D eigenvalue weighted by Crippen LogP contribution is 2.32. The van der Waals surface area contributed by atoms with Crippen LogP contribution in [0.1, 0.15) is 25.7 Å². The summed E-state index contributed by atoms with van der Waals surface area (Å²) in [5.41, 5.74) is 6.95. The van der Waals surface area contributed by atoms with Gasteiger partial charge in [0.1, 0.15) is 5.75 Å². The van der Waals surface area contributed by atoms with E-state index in [1.165, 1.54) is 0 Å². The monoisotopic (exact) mass is 250 g/mol. The Morgan fingerprint density at radius 2 is 2.00 bits per heavy atom. The Labute approximate surface area is 108 Å². The molecule has 0 atom stereocenters. The molecule has 1 aromatic carbocycles. The van der Waals surface area contributed by atoms with Crippen LogP contribution in [-0.2, 0) is 0 Å². The van der Waals surface area contributed by atoms with Gasteiger partial charge in [-0.15, -0.1) is 0 Å². The molecule has 1 aliphatic carbocycles. The van der Waals surface area contributed by atoms with E-state index in [-0.39, 0.29) is 0 Å². The molecule has 1 saturated carbocycles. The van der Waals surface area contributed by atoms with E-state index in [0.717, 1.165) is 37.1 Å². The molecule has 0 saturated heterocycles. The molecule has 0 unspecified atom stereocenters. The lowest BCUT2D eigenvalue weighted by Crippen LogP contribution is -2.39. The van der Waals surface area contributed by atoms with Gasteiger partial charge in [-0.2, -0.15) is 0 Å². The van der Waals surface area contributed by atoms with Crippen molar-refractivity contribution in [1.82, 2.24) is 0 Å². The quantitative estimate of drug-likeness (QED) is 0.803. The third kappa shape index (κ3) is 2.88. The van der Waals surface area contributed by atoms with Crippen LogP contribution in [0.5, 0.6) is 5.75 Å². The number of rotatable bonds is 4. The first-order valence-electron chi connectivity index (χ1n) is 6.40. The lowest BCUT2D eigenvalue weighted by molar-refractivity contribution is 0.0559. The van der Waals surface area contributed by atoms with Crippen LogP contribution in [0.15, 0.2) is 18.2 Å². The van der Waals surface area contributed by atoms with Crippen molar-refractivity contribution >= 4 is 11.4 Å². The number of nitrogen functional groups attached to an aromatic ring is 1. The summed E-state index contributed by atoms with van der Waals surface area (Å²) in [6, 6.07) is 5.64. The fourth-order valence-corrected chi connectivity index (χ4v) is 2.67. The maximum atomic E-state index is 10.4. The maximum Gasteiger partial charge on any atom is 0.122 e. The van der Waals surface area contributed by atoms with Gasteiger partial charge < -0.3 is 20.5 Å². The van der Waals surface area contributed by atoms with Crippen LogP contribution in [0.3, 0.4) is 0 Å². The van der Waals surface area contributed by atoms with Crippen LogP contribution in [0.25, 0.3) is 0 Å². The van der Waals surface area contributed by atoms with Gasteiger partial charge >= 0.3 is 0 Å². The zero-order valence-electron chi connectivity index (χ0n) is 11.1. The zero-order chi connectivity index (χ0) is 13.2. The topological polar surface area (TPSA) is 58.7 Å². The van der Waals surface area contributed by atoms with E-state index in [0.29, 0.717) is 12.2 Å². The lowest BCUT2D eigenvalue weighted by atomic mass is 10.0. The zero-order valence-corrected chi connectivity index (χ0v) is 11.1. The minimum absolute atomic E-state index is 0.549. The molecule has 0 aromatic heterocycles. The first-order chi connectivity index (χ1) is 8.52. The van der Waals surface area contributed by atoms with E-state index in [2.05, 4.69) is 0 Å². The molecule has 2 rings (SSSR count). The van der Waals surface area contributed by atoms with Crippen molar-refractivity contribution in [2.45, 2.75) is 31.3 Å². The van der Waals surface area contributed by atoms with E-state index < -0.39 is 5.60 Å². The summed E-state index contributed by atoms with van der Waals surface area (Å²) >= 11 is 0. The minimum Gasteiger partial charge on any atom is -0.497 e. The first kappa shape index (κ1) is 13.0. The largest absolute Gasteiger partial charge is 0.497 e. The second kappa shape index (κ2) is 5.06. The average Bonchev–Trinajstić information content (AvgIpc) is 2.74. The summed E-state index contributed by atoms with van der Waals surface area (Å²) in [6.45, 7) is 0.638. The van der Waals surface area contributed by atoms with Crippen LogP contribution in [0.2, 0.25) is 0 Å². The van der Waals surface area contributed by atoms with Gasteiger partial charge in [-0.1, -0.05) is 12.8 Å². The average molecular weight is 250 g/mol. The molecular formula is C14H22N2O2. The van der Waals surface area contributed by atoms with Gasteiger partial charge in [0.25, 0.3) is 0 Å². The van der Waals surface area contributed by atoms with E-state index in [1.807, 2.05) is 24.1 Å². The Balaban J connectivity index is 2.12. The van der Waals surface area contributed by atoms with Gasteiger partial charge in [-0.05, 0) is 18.9 Å². The molecule has 18 heavy (non-hydrogen) atoms. The molecule has 0 aliphatic heterocycles. The number of methoxy groups -OCH3 is 1. The molecule has 0 heterocycles. The van der Waals surface area contributed by atoms with Gasteiger partial charge in [0, 0.05) is 37.1 Å². The van der Waals surface area contributed by atoms with Crippen molar-refractivity contribution < 1.29 is 9.84 Å². The molecule has 1 aromatic rings. The Kier molecular flexibility index (Phi) is 3.66. The fraction of sp³-hybridized carbons (Fsp3) is 0.571. The summed E-state index contributed by atoms with van der Waals surface area (Å²) in [5, 5.41) is 10.4. The van der Waals surface area contributed by atoms with Crippen molar-refractivity contribution in [1.29, 1.82) is 0 Å². The van der Waals surface area contributed by atoms with Crippen LogP contribution < -0.4 is 15.4 Å². The minimum atomic E-state index is -0.549. The van der Waals surface area contributed by atoms with Crippen molar-refractivity contribution in [2.75, 3.05) is 31.3 Å². The predicted octanol–water partition coefficient (Wildman–Crippen LogP) is 2.02. The molecule has 1 aliphatic rings. The van der Waals surface area contributed by atoms with E-state index in [4.69, 9.17) is 10.5 Å². The SMILES string of the molecule is COc1cc(N)cc(N(C)CC2(O)CCCC2)c1. The number of likely N-dealkylation sites (N-methyl/N-ethyl adjacent to an activating group) is 1. The fourth-order valence-electron chi connectivity index (χ4n) is 2.67. The molecule has 0 radical (unpaired) electrons. The van der Waals surface area contributed by atoms with E-state index in [1.54, 1.807) is 13.2 Å². The second-order valence-electron chi connectivity index (χ2n) is 5.25. The van der Waals surface area contributed by atoms with Crippen molar-refractivity contribution in [3.63, 3.8) is 0 Å². The van der Waals surface area contributed by atoms with Crippen LogP contribution in [0, 0.1) is 0 Å². The Morgan fingerprint density at radius 3 is 2.61 bits per heavy atom. The van der Waals surface area contributed by atoms with E-state index >= 15 is 0 Å². The summed E-state index contributed by atoms with van der Waals surface area (Å²) in [7, 11) is 3.60. The van der Waals surface area contributed by atoms with Crippen LogP contribution >= 0.6 is 0 Å². The molecule has 100 valence electrons.